The minimum absolute atomic E-state index is 0.337. The number of hydrogen-bond acceptors (Lipinski definition) is 6. The van der Waals surface area contributed by atoms with Crippen LogP contribution in [0.2, 0.25) is 0 Å². The van der Waals surface area contributed by atoms with Gasteiger partial charge in [0.2, 0.25) is 0 Å². The average molecular weight is 448 g/mol. The van der Waals surface area contributed by atoms with E-state index in [9.17, 15) is 9.59 Å². The zero-order valence-corrected chi connectivity index (χ0v) is 19.1. The van der Waals surface area contributed by atoms with Gasteiger partial charge in [-0.2, -0.15) is 0 Å². The molecule has 1 saturated heterocycles. The Labute approximate surface area is 193 Å². The number of nitrogens with zero attached hydrogens (tertiary/aromatic N) is 2. The molecular formula is C26H29N3O4. The molecule has 4 rings (SSSR count). The molecule has 1 N–H and O–H groups in total. The number of aryl methyl sites for hydroxylation is 2. The van der Waals surface area contributed by atoms with E-state index in [-0.39, 0.29) is 12.5 Å². The van der Waals surface area contributed by atoms with E-state index in [2.05, 4.69) is 21.3 Å². The summed E-state index contributed by atoms with van der Waals surface area (Å²) in [7, 11) is 0. The molecule has 1 amide bonds. The van der Waals surface area contributed by atoms with Crippen LogP contribution in [0.3, 0.4) is 0 Å². The summed E-state index contributed by atoms with van der Waals surface area (Å²) in [4.78, 5) is 32.0. The summed E-state index contributed by atoms with van der Waals surface area (Å²) in [5.74, 6) is -0.875. The molecule has 0 radical (unpaired) electrons. The van der Waals surface area contributed by atoms with Crippen molar-refractivity contribution in [1.29, 1.82) is 0 Å². The van der Waals surface area contributed by atoms with E-state index in [0.29, 0.717) is 17.8 Å². The zero-order chi connectivity index (χ0) is 23.2. The van der Waals surface area contributed by atoms with E-state index in [4.69, 9.17) is 9.47 Å². The van der Waals surface area contributed by atoms with Crippen molar-refractivity contribution in [2.45, 2.75) is 26.9 Å². The van der Waals surface area contributed by atoms with E-state index in [0.717, 1.165) is 54.9 Å². The molecule has 2 heterocycles. The van der Waals surface area contributed by atoms with Crippen LogP contribution in [0, 0.1) is 13.8 Å². The minimum Gasteiger partial charge on any atom is -0.452 e. The number of aromatic nitrogens is 1. The summed E-state index contributed by atoms with van der Waals surface area (Å²) >= 11 is 0. The number of hydrogen-bond donors (Lipinski definition) is 1. The molecule has 1 aliphatic heterocycles. The highest BCUT2D eigenvalue weighted by atomic mass is 16.5. The first-order chi connectivity index (χ1) is 16.0. The number of benzene rings is 2. The highest BCUT2D eigenvalue weighted by Gasteiger charge is 2.19. The van der Waals surface area contributed by atoms with E-state index in [1.165, 1.54) is 5.56 Å². The van der Waals surface area contributed by atoms with E-state index < -0.39 is 5.97 Å². The third-order valence-electron chi connectivity index (χ3n) is 5.96. The Morgan fingerprint density at radius 1 is 1.03 bits per heavy atom. The van der Waals surface area contributed by atoms with Gasteiger partial charge in [-0.3, -0.25) is 14.7 Å². The summed E-state index contributed by atoms with van der Waals surface area (Å²) < 4.78 is 10.7. The molecule has 0 saturated carbocycles. The number of morpholine rings is 1. The lowest BCUT2D eigenvalue weighted by Gasteiger charge is -2.27. The summed E-state index contributed by atoms with van der Waals surface area (Å²) in [6.45, 7) is 7.81. The van der Waals surface area contributed by atoms with E-state index in [1.807, 2.05) is 49.4 Å². The minimum atomic E-state index is -0.536. The number of para-hydroxylation sites is 1. The molecule has 0 spiro atoms. The molecule has 2 aromatic carbocycles. The SMILES string of the molecule is Cc1nc2ccccc2c(C)c1C(=O)OCC(=O)NCc1ccccc1CN1CCOCC1. The van der Waals surface area contributed by atoms with Crippen molar-refractivity contribution in [3.63, 3.8) is 0 Å². The fourth-order valence-corrected chi connectivity index (χ4v) is 4.16. The molecule has 7 heteroatoms. The van der Waals surface area contributed by atoms with Gasteiger partial charge in [-0.1, -0.05) is 42.5 Å². The molecule has 0 unspecified atom stereocenters. The summed E-state index contributed by atoms with van der Waals surface area (Å²) in [6.07, 6.45) is 0. The van der Waals surface area contributed by atoms with Crippen molar-refractivity contribution in [3.8, 4) is 0 Å². The highest BCUT2D eigenvalue weighted by molar-refractivity contribution is 5.99. The standard InChI is InChI=1S/C26H29N3O4/c1-18-22-9-5-6-10-23(22)28-19(2)25(18)26(31)33-17-24(30)27-15-20-7-3-4-8-21(20)16-29-11-13-32-14-12-29/h3-10H,11-17H2,1-2H3,(H,27,30). The van der Waals surface area contributed by atoms with E-state index >= 15 is 0 Å². The molecule has 33 heavy (non-hydrogen) atoms. The number of carbonyl (C=O) groups excluding carboxylic acids is 2. The number of carbonyl (C=O) groups is 2. The van der Waals surface area contributed by atoms with Gasteiger partial charge in [0.05, 0.1) is 30.0 Å². The van der Waals surface area contributed by atoms with Crippen LogP contribution >= 0.6 is 0 Å². The third-order valence-corrected chi connectivity index (χ3v) is 5.96. The molecular weight excluding hydrogens is 418 g/mol. The van der Waals surface area contributed by atoms with Crippen LogP contribution in [0.15, 0.2) is 48.5 Å². The van der Waals surface area contributed by atoms with Gasteiger partial charge in [-0.05, 0) is 36.6 Å². The number of esters is 1. The molecule has 7 nitrogen and oxygen atoms in total. The predicted octanol–water partition coefficient (Wildman–Crippen LogP) is 3.16. The Morgan fingerprint density at radius 2 is 1.73 bits per heavy atom. The van der Waals surface area contributed by atoms with Gasteiger partial charge in [0, 0.05) is 31.6 Å². The lowest BCUT2D eigenvalue weighted by Crippen LogP contribution is -2.36. The van der Waals surface area contributed by atoms with Crippen molar-refractivity contribution >= 4 is 22.8 Å². The Balaban J connectivity index is 1.34. The third kappa shape index (κ3) is 5.56. The van der Waals surface area contributed by atoms with Gasteiger partial charge in [0.15, 0.2) is 6.61 Å². The number of nitrogens with one attached hydrogen (secondary N) is 1. The lowest BCUT2D eigenvalue weighted by molar-refractivity contribution is -0.124. The topological polar surface area (TPSA) is 80.8 Å². The van der Waals surface area contributed by atoms with Crippen LogP contribution < -0.4 is 5.32 Å². The lowest BCUT2D eigenvalue weighted by atomic mass is 10.0. The van der Waals surface area contributed by atoms with Crippen molar-refractivity contribution < 1.29 is 19.1 Å². The Kier molecular flexibility index (Phi) is 7.32. The van der Waals surface area contributed by atoms with Gasteiger partial charge in [-0.15, -0.1) is 0 Å². The maximum atomic E-state index is 12.7. The summed E-state index contributed by atoms with van der Waals surface area (Å²) in [6, 6.07) is 15.7. The first-order valence-corrected chi connectivity index (χ1v) is 11.2. The Bertz CT molecular complexity index is 1160. The van der Waals surface area contributed by atoms with Crippen LogP contribution in [-0.2, 0) is 27.4 Å². The van der Waals surface area contributed by atoms with E-state index in [1.54, 1.807) is 6.92 Å². The first-order valence-electron chi connectivity index (χ1n) is 11.2. The Morgan fingerprint density at radius 3 is 2.52 bits per heavy atom. The maximum Gasteiger partial charge on any atom is 0.340 e. The maximum absolute atomic E-state index is 12.7. The van der Waals surface area contributed by atoms with Crippen LogP contribution in [0.4, 0.5) is 0 Å². The fraction of sp³-hybridized carbons (Fsp3) is 0.346. The van der Waals surface area contributed by atoms with Crippen LogP contribution in [0.1, 0.15) is 32.7 Å². The molecule has 3 aromatic rings. The molecule has 1 aromatic heterocycles. The van der Waals surface area contributed by atoms with Crippen molar-refractivity contribution in [2.75, 3.05) is 32.9 Å². The van der Waals surface area contributed by atoms with Crippen LogP contribution in [0.25, 0.3) is 10.9 Å². The second-order valence-corrected chi connectivity index (χ2v) is 8.22. The predicted molar refractivity (Wildman–Crippen MR) is 126 cm³/mol. The summed E-state index contributed by atoms with van der Waals surface area (Å²) in [5.41, 5.74) is 4.86. The van der Waals surface area contributed by atoms with Gasteiger partial charge in [0.1, 0.15) is 0 Å². The number of fused-ring (bicyclic) bond motifs is 1. The quantitative estimate of drug-likeness (QED) is 0.561. The van der Waals surface area contributed by atoms with Crippen molar-refractivity contribution in [3.05, 3.63) is 76.5 Å². The van der Waals surface area contributed by atoms with Gasteiger partial charge < -0.3 is 14.8 Å². The largest absolute Gasteiger partial charge is 0.452 e. The normalized spacial score (nSPS) is 14.2. The molecule has 0 aliphatic carbocycles. The second kappa shape index (κ2) is 10.6. The molecule has 0 bridgehead atoms. The number of amides is 1. The average Bonchev–Trinajstić information content (AvgIpc) is 2.83. The number of rotatable bonds is 7. The summed E-state index contributed by atoms with van der Waals surface area (Å²) in [5, 5.41) is 3.77. The van der Waals surface area contributed by atoms with Gasteiger partial charge in [0.25, 0.3) is 5.91 Å². The fourth-order valence-electron chi connectivity index (χ4n) is 4.16. The van der Waals surface area contributed by atoms with Gasteiger partial charge in [-0.25, -0.2) is 4.79 Å². The molecule has 1 aliphatic rings. The monoisotopic (exact) mass is 447 g/mol. The zero-order valence-electron chi connectivity index (χ0n) is 19.1. The van der Waals surface area contributed by atoms with Crippen molar-refractivity contribution in [2.24, 2.45) is 0 Å². The first kappa shape index (κ1) is 22.9. The number of ether oxygens (including phenoxy) is 2. The Hall–Kier alpha value is -3.29. The molecule has 1 fully saturated rings. The van der Waals surface area contributed by atoms with Crippen LogP contribution in [-0.4, -0.2) is 54.7 Å². The number of pyridine rings is 1. The highest BCUT2D eigenvalue weighted by Crippen LogP contribution is 2.23. The molecule has 172 valence electrons. The van der Waals surface area contributed by atoms with Gasteiger partial charge >= 0.3 is 5.97 Å². The molecule has 0 atom stereocenters. The smallest absolute Gasteiger partial charge is 0.340 e. The van der Waals surface area contributed by atoms with Crippen LogP contribution in [0.5, 0.6) is 0 Å². The second-order valence-electron chi connectivity index (χ2n) is 8.22. The van der Waals surface area contributed by atoms with Crippen molar-refractivity contribution in [1.82, 2.24) is 15.2 Å².